The molecule has 0 saturated carbocycles. The molecule has 5 rings (SSSR count). The average molecular weight is 516 g/mol. The average Bonchev–Trinajstić information content (AvgIpc) is 3.30. The molecule has 0 radical (unpaired) electrons. The Labute approximate surface area is 207 Å². The van der Waals surface area contributed by atoms with Gasteiger partial charge in [0, 0.05) is 29.4 Å². The first kappa shape index (κ1) is 24.2. The second-order valence-electron chi connectivity index (χ2n) is 8.16. The molecule has 0 N–H and O–H groups in total. The minimum absolute atomic E-state index is 0.120. The van der Waals surface area contributed by atoms with Crippen molar-refractivity contribution in [3.8, 4) is 23.4 Å². The zero-order valence-electron chi connectivity index (χ0n) is 19.1. The Hall–Kier alpha value is -4.55. The van der Waals surface area contributed by atoms with Gasteiger partial charge in [-0.1, -0.05) is 12.1 Å². The summed E-state index contributed by atoms with van der Waals surface area (Å²) in [5.74, 6) is 0.406. The molecule has 192 valence electrons. The van der Waals surface area contributed by atoms with Gasteiger partial charge in [0.2, 0.25) is 5.88 Å². The summed E-state index contributed by atoms with van der Waals surface area (Å²) < 4.78 is 59.5. The number of benzene rings is 2. The van der Waals surface area contributed by atoms with E-state index in [1.54, 1.807) is 22.8 Å². The normalized spacial score (nSPS) is 15.1. The van der Waals surface area contributed by atoms with Crippen molar-refractivity contribution in [2.45, 2.75) is 32.0 Å². The molecule has 10 nitrogen and oxygen atoms in total. The van der Waals surface area contributed by atoms with E-state index in [1.807, 2.05) is 12.1 Å². The SMILES string of the molecule is O=[N+]([O-])c1cn2c(n1)OC(COc1ccc3nc(OCc4ccc(OC(F)(F)F)cc4)ccc3c1)CC2. The number of hydrogen-bond acceptors (Lipinski definition) is 8. The van der Waals surface area contributed by atoms with Crippen LogP contribution in [-0.4, -0.2) is 38.5 Å². The molecular formula is C24H19F3N4O6. The largest absolute Gasteiger partial charge is 0.573 e. The van der Waals surface area contributed by atoms with Gasteiger partial charge in [-0.25, -0.2) is 4.98 Å². The molecule has 37 heavy (non-hydrogen) atoms. The number of nitrogens with zero attached hydrogens (tertiary/aromatic N) is 4. The number of imidazole rings is 1. The van der Waals surface area contributed by atoms with Gasteiger partial charge in [0.25, 0.3) is 0 Å². The van der Waals surface area contributed by atoms with Crippen LogP contribution in [0.15, 0.2) is 60.8 Å². The number of rotatable bonds is 8. The molecule has 1 aliphatic rings. The first-order valence-corrected chi connectivity index (χ1v) is 11.1. The summed E-state index contributed by atoms with van der Waals surface area (Å²) in [5, 5.41) is 11.7. The van der Waals surface area contributed by atoms with E-state index in [-0.39, 0.29) is 36.9 Å². The number of hydrogen-bond donors (Lipinski definition) is 0. The fraction of sp³-hybridized carbons (Fsp3) is 0.250. The van der Waals surface area contributed by atoms with E-state index >= 15 is 0 Å². The summed E-state index contributed by atoms with van der Waals surface area (Å²) >= 11 is 0. The van der Waals surface area contributed by atoms with Gasteiger partial charge in [-0.3, -0.25) is 4.57 Å². The predicted octanol–water partition coefficient (Wildman–Crippen LogP) is 5.05. The summed E-state index contributed by atoms with van der Waals surface area (Å²) in [6.45, 7) is 0.905. The molecule has 3 heterocycles. The quantitative estimate of drug-likeness (QED) is 0.236. The molecule has 0 fully saturated rings. The van der Waals surface area contributed by atoms with Gasteiger partial charge in [-0.2, -0.15) is 0 Å². The molecule has 0 spiro atoms. The Morgan fingerprint density at radius 1 is 1.05 bits per heavy atom. The van der Waals surface area contributed by atoms with E-state index in [1.165, 1.54) is 30.5 Å². The van der Waals surface area contributed by atoms with Crippen molar-refractivity contribution in [1.82, 2.24) is 14.5 Å². The smallest absolute Gasteiger partial charge is 0.490 e. The Morgan fingerprint density at radius 3 is 2.59 bits per heavy atom. The lowest BCUT2D eigenvalue weighted by atomic mass is 10.2. The number of alkyl halides is 3. The second-order valence-corrected chi connectivity index (χ2v) is 8.16. The van der Waals surface area contributed by atoms with Crippen molar-refractivity contribution in [2.75, 3.05) is 6.61 Å². The third kappa shape index (κ3) is 6.00. The number of pyridine rings is 1. The Balaban J connectivity index is 1.16. The molecule has 0 aliphatic carbocycles. The maximum Gasteiger partial charge on any atom is 0.573 e. The third-order valence-corrected chi connectivity index (χ3v) is 5.49. The number of aromatic nitrogens is 3. The summed E-state index contributed by atoms with van der Waals surface area (Å²) in [7, 11) is 0. The minimum atomic E-state index is -4.74. The van der Waals surface area contributed by atoms with Crippen LogP contribution >= 0.6 is 0 Å². The van der Waals surface area contributed by atoms with Crippen molar-refractivity contribution < 1.29 is 37.0 Å². The molecule has 0 saturated heterocycles. The number of fused-ring (bicyclic) bond motifs is 2. The van der Waals surface area contributed by atoms with Crippen molar-refractivity contribution in [1.29, 1.82) is 0 Å². The lowest BCUT2D eigenvalue weighted by Gasteiger charge is -2.22. The van der Waals surface area contributed by atoms with E-state index in [2.05, 4.69) is 14.7 Å². The summed E-state index contributed by atoms with van der Waals surface area (Å²) in [6, 6.07) is 14.5. The first-order valence-electron chi connectivity index (χ1n) is 11.1. The van der Waals surface area contributed by atoms with Crippen LogP contribution in [0.4, 0.5) is 19.0 Å². The molecule has 1 aliphatic heterocycles. The molecule has 1 unspecified atom stereocenters. The monoisotopic (exact) mass is 516 g/mol. The molecule has 2 aromatic heterocycles. The van der Waals surface area contributed by atoms with E-state index in [0.29, 0.717) is 35.7 Å². The fourth-order valence-electron chi connectivity index (χ4n) is 3.73. The van der Waals surface area contributed by atoms with Gasteiger partial charge >= 0.3 is 18.2 Å². The highest BCUT2D eigenvalue weighted by molar-refractivity contribution is 5.80. The van der Waals surface area contributed by atoms with Crippen LogP contribution < -0.4 is 18.9 Å². The van der Waals surface area contributed by atoms with E-state index in [9.17, 15) is 23.3 Å². The van der Waals surface area contributed by atoms with Crippen molar-refractivity contribution in [3.63, 3.8) is 0 Å². The second kappa shape index (κ2) is 9.84. The summed E-state index contributed by atoms with van der Waals surface area (Å²) in [6.07, 6.45) is -3.07. The number of aryl methyl sites for hydroxylation is 1. The Kier molecular flexibility index (Phi) is 6.42. The van der Waals surface area contributed by atoms with E-state index in [0.717, 1.165) is 5.39 Å². The summed E-state index contributed by atoms with van der Waals surface area (Å²) in [4.78, 5) is 18.7. The lowest BCUT2D eigenvalue weighted by molar-refractivity contribution is -0.389. The van der Waals surface area contributed by atoms with Crippen molar-refractivity contribution >= 4 is 16.7 Å². The van der Waals surface area contributed by atoms with Crippen LogP contribution in [0.1, 0.15) is 12.0 Å². The zero-order valence-corrected chi connectivity index (χ0v) is 19.1. The fourth-order valence-corrected chi connectivity index (χ4v) is 3.73. The van der Waals surface area contributed by atoms with Crippen LogP contribution in [-0.2, 0) is 13.2 Å². The topological polar surface area (TPSA) is 111 Å². The number of halogens is 3. The zero-order chi connectivity index (χ0) is 26.0. The van der Waals surface area contributed by atoms with Gasteiger partial charge in [0.05, 0.1) is 5.52 Å². The molecule has 13 heteroatoms. The van der Waals surface area contributed by atoms with Crippen LogP contribution in [0.5, 0.6) is 23.4 Å². The van der Waals surface area contributed by atoms with E-state index < -0.39 is 11.3 Å². The molecular weight excluding hydrogens is 497 g/mol. The minimum Gasteiger partial charge on any atom is -0.490 e. The molecule has 4 aromatic rings. The van der Waals surface area contributed by atoms with Crippen molar-refractivity contribution in [2.24, 2.45) is 0 Å². The highest BCUT2D eigenvalue weighted by atomic mass is 19.4. The Bertz CT molecular complexity index is 1420. The molecule has 2 aromatic carbocycles. The highest BCUT2D eigenvalue weighted by Gasteiger charge is 2.31. The van der Waals surface area contributed by atoms with Crippen LogP contribution in [0.2, 0.25) is 0 Å². The van der Waals surface area contributed by atoms with Gasteiger partial charge < -0.3 is 29.1 Å². The molecule has 0 bridgehead atoms. The lowest BCUT2D eigenvalue weighted by Crippen LogP contribution is -2.31. The van der Waals surface area contributed by atoms with Gasteiger partial charge in [-0.15, -0.1) is 13.2 Å². The maximum absolute atomic E-state index is 12.3. The molecule has 0 amide bonds. The first-order chi connectivity index (χ1) is 17.7. The highest BCUT2D eigenvalue weighted by Crippen LogP contribution is 2.27. The molecule has 1 atom stereocenters. The standard InChI is InChI=1S/C24H19F3N4O6/c25-24(26,27)37-17-4-1-15(2-5-17)13-35-22-8-3-16-11-18(6-7-20(16)28-22)34-14-19-9-10-30-12-21(31(32)33)29-23(30)36-19/h1-8,11-12,19H,9-10,13-14H2. The predicted molar refractivity (Wildman–Crippen MR) is 123 cm³/mol. The van der Waals surface area contributed by atoms with Gasteiger partial charge in [0.1, 0.15) is 37.0 Å². The Morgan fingerprint density at radius 2 is 1.84 bits per heavy atom. The number of ether oxygens (including phenoxy) is 4. The van der Waals surface area contributed by atoms with Gasteiger partial charge in [-0.05, 0) is 46.9 Å². The van der Waals surface area contributed by atoms with Crippen molar-refractivity contribution in [3.05, 3.63) is 76.5 Å². The van der Waals surface area contributed by atoms with Gasteiger partial charge in [0.15, 0.2) is 0 Å². The number of nitro groups is 1. The van der Waals surface area contributed by atoms with E-state index in [4.69, 9.17) is 14.2 Å². The maximum atomic E-state index is 12.3. The van der Waals surface area contributed by atoms with Crippen LogP contribution in [0.3, 0.4) is 0 Å². The van der Waals surface area contributed by atoms with Crippen LogP contribution in [0.25, 0.3) is 10.9 Å². The van der Waals surface area contributed by atoms with Crippen LogP contribution in [0, 0.1) is 10.1 Å². The summed E-state index contributed by atoms with van der Waals surface area (Å²) in [5.41, 5.74) is 1.32. The third-order valence-electron chi connectivity index (χ3n) is 5.49.